The third-order valence-electron chi connectivity index (χ3n) is 7.34. The van der Waals surface area contributed by atoms with Crippen LogP contribution in [0.15, 0.2) is 59.6 Å². The number of hydrogen-bond acceptors (Lipinski definition) is 4. The van der Waals surface area contributed by atoms with E-state index in [9.17, 15) is 9.59 Å². The Morgan fingerprint density at radius 3 is 2.41 bits per heavy atom. The molecule has 0 unspecified atom stereocenters. The van der Waals surface area contributed by atoms with Gasteiger partial charge in [0.2, 0.25) is 5.91 Å². The number of rotatable bonds is 7. The SMILES string of the molecule is CN=C(N)NCC(=O)N1CCC(Cc2cccc(NC(=O)Nc3cc(C(C)(C)C)nn3-c3ccc(C)cc3)c2)CC1. The zero-order valence-electron chi connectivity index (χ0n) is 24.7. The minimum Gasteiger partial charge on any atom is -0.370 e. The number of aryl methyl sites for hydroxylation is 1. The van der Waals surface area contributed by atoms with Crippen molar-refractivity contribution in [1.82, 2.24) is 20.0 Å². The third kappa shape index (κ3) is 8.09. The molecule has 41 heavy (non-hydrogen) atoms. The van der Waals surface area contributed by atoms with Crippen LogP contribution in [0.1, 0.15) is 50.4 Å². The summed E-state index contributed by atoms with van der Waals surface area (Å²) in [4.78, 5) is 31.2. The number of aliphatic imine (C=N–C) groups is 1. The molecule has 0 bridgehead atoms. The summed E-state index contributed by atoms with van der Waals surface area (Å²) in [6, 6.07) is 17.6. The molecule has 0 spiro atoms. The van der Waals surface area contributed by atoms with Crippen molar-refractivity contribution in [1.29, 1.82) is 0 Å². The van der Waals surface area contributed by atoms with Crippen LogP contribution in [0.25, 0.3) is 5.69 Å². The minimum absolute atomic E-state index is 0.0330. The molecule has 5 N–H and O–H groups in total. The van der Waals surface area contributed by atoms with E-state index in [2.05, 4.69) is 47.8 Å². The highest BCUT2D eigenvalue weighted by atomic mass is 16.2. The van der Waals surface area contributed by atoms with Crippen molar-refractivity contribution >= 4 is 29.4 Å². The van der Waals surface area contributed by atoms with E-state index >= 15 is 0 Å². The molecule has 1 fully saturated rings. The topological polar surface area (TPSA) is 130 Å². The first kappa shape index (κ1) is 29.6. The van der Waals surface area contributed by atoms with Crippen LogP contribution in [0.3, 0.4) is 0 Å². The summed E-state index contributed by atoms with van der Waals surface area (Å²) in [5, 5.41) is 13.6. The Labute approximate surface area is 242 Å². The van der Waals surface area contributed by atoms with Gasteiger partial charge < -0.3 is 21.3 Å². The fraction of sp³-hybridized carbons (Fsp3) is 0.419. The van der Waals surface area contributed by atoms with E-state index in [0.717, 1.165) is 60.5 Å². The quantitative estimate of drug-likeness (QED) is 0.252. The highest BCUT2D eigenvalue weighted by Crippen LogP contribution is 2.27. The van der Waals surface area contributed by atoms with Crippen LogP contribution in [0.5, 0.6) is 0 Å². The number of amides is 3. The van der Waals surface area contributed by atoms with Crippen LogP contribution >= 0.6 is 0 Å². The number of nitrogens with two attached hydrogens (primary N) is 1. The van der Waals surface area contributed by atoms with Crippen molar-refractivity contribution in [2.45, 2.75) is 52.4 Å². The molecule has 2 aromatic carbocycles. The van der Waals surface area contributed by atoms with Crippen LogP contribution in [-0.2, 0) is 16.6 Å². The number of likely N-dealkylation sites (tertiary alicyclic amines) is 1. The van der Waals surface area contributed by atoms with Gasteiger partial charge in [0.25, 0.3) is 0 Å². The molecule has 1 aliphatic heterocycles. The Bertz CT molecular complexity index is 1380. The molecule has 0 aliphatic carbocycles. The van der Waals surface area contributed by atoms with Crippen LogP contribution in [0, 0.1) is 12.8 Å². The van der Waals surface area contributed by atoms with Gasteiger partial charge in [0, 0.05) is 37.3 Å². The number of carbonyl (C=O) groups is 2. The van der Waals surface area contributed by atoms with Gasteiger partial charge in [-0.05, 0) is 61.9 Å². The van der Waals surface area contributed by atoms with E-state index in [1.165, 1.54) is 0 Å². The molecule has 10 nitrogen and oxygen atoms in total. The predicted molar refractivity (Wildman–Crippen MR) is 165 cm³/mol. The lowest BCUT2D eigenvalue weighted by Gasteiger charge is -2.32. The van der Waals surface area contributed by atoms with Gasteiger partial charge in [-0.1, -0.05) is 50.6 Å². The Balaban J connectivity index is 1.35. The molecule has 0 radical (unpaired) electrons. The molecular weight excluding hydrogens is 516 g/mol. The first-order valence-electron chi connectivity index (χ1n) is 14.1. The highest BCUT2D eigenvalue weighted by molar-refractivity contribution is 5.99. The fourth-order valence-corrected chi connectivity index (χ4v) is 4.85. The van der Waals surface area contributed by atoms with Crippen LogP contribution < -0.4 is 21.7 Å². The lowest BCUT2D eigenvalue weighted by Crippen LogP contribution is -2.45. The van der Waals surface area contributed by atoms with Crippen LogP contribution in [0.4, 0.5) is 16.3 Å². The van der Waals surface area contributed by atoms with Gasteiger partial charge in [0.1, 0.15) is 5.82 Å². The molecule has 10 heteroatoms. The van der Waals surface area contributed by atoms with Gasteiger partial charge in [-0.2, -0.15) is 5.10 Å². The van der Waals surface area contributed by atoms with E-state index in [0.29, 0.717) is 11.7 Å². The van der Waals surface area contributed by atoms with Gasteiger partial charge >= 0.3 is 6.03 Å². The normalized spacial score (nSPS) is 14.6. The maximum absolute atomic E-state index is 13.1. The third-order valence-corrected chi connectivity index (χ3v) is 7.34. The standard InChI is InChI=1S/C31H42N8O2/c1-21-9-11-25(12-10-21)39-27(19-26(37-39)31(2,3)4)36-30(41)35-24-8-6-7-23(18-24)17-22-13-15-38(16-14-22)28(40)20-34-29(32)33-5/h6-12,18-19,22H,13-17,20H2,1-5H3,(H3,32,33,34)(H2,35,36,41). The van der Waals surface area contributed by atoms with Crippen molar-refractivity contribution < 1.29 is 9.59 Å². The van der Waals surface area contributed by atoms with Crippen molar-refractivity contribution in [3.05, 3.63) is 71.4 Å². The summed E-state index contributed by atoms with van der Waals surface area (Å²) >= 11 is 0. The fourth-order valence-electron chi connectivity index (χ4n) is 4.85. The maximum Gasteiger partial charge on any atom is 0.324 e. The van der Waals surface area contributed by atoms with Crippen molar-refractivity contribution in [2.24, 2.45) is 16.6 Å². The first-order valence-corrected chi connectivity index (χ1v) is 14.1. The first-order chi connectivity index (χ1) is 19.5. The number of aromatic nitrogens is 2. The van der Waals surface area contributed by atoms with Gasteiger partial charge in [0.05, 0.1) is 17.9 Å². The minimum atomic E-state index is -0.329. The Kier molecular flexibility index (Phi) is 9.31. The lowest BCUT2D eigenvalue weighted by atomic mass is 9.90. The van der Waals surface area contributed by atoms with Gasteiger partial charge in [0.15, 0.2) is 5.96 Å². The smallest absolute Gasteiger partial charge is 0.324 e. The molecule has 1 aliphatic rings. The Morgan fingerprint density at radius 2 is 1.76 bits per heavy atom. The number of piperidine rings is 1. The zero-order valence-corrected chi connectivity index (χ0v) is 24.7. The van der Waals surface area contributed by atoms with Gasteiger partial charge in [-0.3, -0.25) is 15.1 Å². The number of anilines is 2. The molecule has 3 aromatic rings. The van der Waals surface area contributed by atoms with Gasteiger partial charge in [-0.25, -0.2) is 9.48 Å². The predicted octanol–water partition coefficient (Wildman–Crippen LogP) is 4.44. The molecule has 218 valence electrons. The van der Waals surface area contributed by atoms with E-state index in [-0.39, 0.29) is 29.9 Å². The number of hydrogen-bond donors (Lipinski definition) is 4. The molecule has 3 amide bonds. The van der Waals surface area contributed by atoms with Gasteiger partial charge in [-0.15, -0.1) is 0 Å². The zero-order chi connectivity index (χ0) is 29.6. The van der Waals surface area contributed by atoms with Crippen molar-refractivity contribution in [3.8, 4) is 5.69 Å². The molecule has 4 rings (SSSR count). The van der Waals surface area contributed by atoms with E-state index in [1.54, 1.807) is 11.7 Å². The number of nitrogens with one attached hydrogen (secondary N) is 3. The van der Waals surface area contributed by atoms with E-state index in [1.807, 2.05) is 60.4 Å². The Hall–Kier alpha value is -4.34. The highest BCUT2D eigenvalue weighted by Gasteiger charge is 2.24. The summed E-state index contributed by atoms with van der Waals surface area (Å²) in [6.45, 7) is 9.94. The average Bonchev–Trinajstić information content (AvgIpc) is 3.36. The monoisotopic (exact) mass is 558 g/mol. The molecular formula is C31H42N8O2. The van der Waals surface area contributed by atoms with Crippen molar-refractivity contribution in [2.75, 3.05) is 37.3 Å². The molecule has 0 atom stereocenters. The lowest BCUT2D eigenvalue weighted by molar-refractivity contribution is -0.131. The summed E-state index contributed by atoms with van der Waals surface area (Å²) in [7, 11) is 1.58. The number of nitrogens with zero attached hydrogens (tertiary/aromatic N) is 4. The average molecular weight is 559 g/mol. The van der Waals surface area contributed by atoms with Crippen molar-refractivity contribution in [3.63, 3.8) is 0 Å². The van der Waals surface area contributed by atoms with E-state index in [4.69, 9.17) is 10.8 Å². The van der Waals surface area contributed by atoms with E-state index < -0.39 is 0 Å². The Morgan fingerprint density at radius 1 is 1.05 bits per heavy atom. The molecule has 1 saturated heterocycles. The number of guanidine groups is 1. The molecule has 0 saturated carbocycles. The maximum atomic E-state index is 13.1. The number of urea groups is 1. The number of benzene rings is 2. The molecule has 2 heterocycles. The largest absolute Gasteiger partial charge is 0.370 e. The second-order valence-electron chi connectivity index (χ2n) is 11.7. The second-order valence-corrected chi connectivity index (χ2v) is 11.7. The summed E-state index contributed by atoms with van der Waals surface area (Å²) in [5.41, 5.74) is 10.3. The van der Waals surface area contributed by atoms with Crippen LogP contribution in [-0.4, -0.2) is 59.3 Å². The summed E-state index contributed by atoms with van der Waals surface area (Å²) < 4.78 is 1.77. The second kappa shape index (κ2) is 12.9. The number of carbonyl (C=O) groups excluding carboxylic acids is 2. The van der Waals surface area contributed by atoms with Crippen LogP contribution in [0.2, 0.25) is 0 Å². The summed E-state index contributed by atoms with van der Waals surface area (Å²) in [5.74, 6) is 1.37. The summed E-state index contributed by atoms with van der Waals surface area (Å²) in [6.07, 6.45) is 2.75. The molecule has 1 aromatic heterocycles.